The summed E-state index contributed by atoms with van der Waals surface area (Å²) in [5.41, 5.74) is 1.28. The molecule has 12 heavy (non-hydrogen) atoms. The number of nitrogens with zero attached hydrogens (tertiary/aromatic N) is 1. The van der Waals surface area contributed by atoms with Crippen LogP contribution in [-0.4, -0.2) is 23.0 Å². The first-order chi connectivity index (χ1) is 5.86. The zero-order valence-corrected chi connectivity index (χ0v) is 6.47. The van der Waals surface area contributed by atoms with Crippen molar-refractivity contribution in [1.82, 2.24) is 4.98 Å². The molecule has 1 N–H and O–H groups in total. The van der Waals surface area contributed by atoms with Gasteiger partial charge in [-0.05, 0) is 11.6 Å². The van der Waals surface area contributed by atoms with E-state index in [1.807, 2.05) is 0 Å². The summed E-state index contributed by atoms with van der Waals surface area (Å²) >= 11 is 0. The van der Waals surface area contributed by atoms with E-state index in [4.69, 9.17) is 5.11 Å². The van der Waals surface area contributed by atoms with Crippen molar-refractivity contribution in [3.05, 3.63) is 35.7 Å². The predicted octanol–water partition coefficient (Wildman–Crippen LogP) is 0.900. The van der Waals surface area contributed by atoms with Crippen LogP contribution in [0.4, 0.5) is 0 Å². The highest BCUT2D eigenvalue weighted by Gasteiger charge is 1.89. The second-order valence-electron chi connectivity index (χ2n) is 2.22. The molecular weight excluding hydrogens is 154 g/mol. The molecule has 0 aromatic carbocycles. The second-order valence-corrected chi connectivity index (χ2v) is 2.22. The Morgan fingerprint density at radius 3 is 2.83 bits per heavy atom. The summed E-state index contributed by atoms with van der Waals surface area (Å²) in [6.07, 6.45) is 5.62. The molecule has 1 rings (SSSR count). The van der Waals surface area contributed by atoms with Crippen LogP contribution in [0, 0.1) is 0 Å². The molecular formula is C9H9NO2. The quantitative estimate of drug-likeness (QED) is 0.673. The van der Waals surface area contributed by atoms with E-state index in [0.717, 1.165) is 5.56 Å². The van der Waals surface area contributed by atoms with Gasteiger partial charge < -0.3 is 5.11 Å². The Kier molecular flexibility index (Phi) is 3.17. The minimum Gasteiger partial charge on any atom is -0.392 e. The smallest absolute Gasteiger partial charge is 0.168 e. The third-order valence-corrected chi connectivity index (χ3v) is 1.35. The van der Waals surface area contributed by atoms with Crippen molar-refractivity contribution in [1.29, 1.82) is 0 Å². The summed E-state index contributed by atoms with van der Waals surface area (Å²) < 4.78 is 0. The molecule has 3 heteroatoms. The summed E-state index contributed by atoms with van der Waals surface area (Å²) in [6, 6.07) is 3.40. The number of aromatic nitrogens is 1. The van der Waals surface area contributed by atoms with Crippen LogP contribution in [0.2, 0.25) is 0 Å². The average molecular weight is 163 g/mol. The van der Waals surface area contributed by atoms with Gasteiger partial charge in [-0.2, -0.15) is 0 Å². The summed E-state index contributed by atoms with van der Waals surface area (Å²) in [7, 11) is 0. The van der Waals surface area contributed by atoms with E-state index in [1.165, 1.54) is 0 Å². The van der Waals surface area contributed by atoms with Crippen molar-refractivity contribution in [3.8, 4) is 0 Å². The van der Waals surface area contributed by atoms with Gasteiger partial charge in [0, 0.05) is 6.20 Å². The highest BCUT2D eigenvalue weighted by molar-refractivity contribution is 5.71. The van der Waals surface area contributed by atoms with E-state index in [0.29, 0.717) is 12.0 Å². The molecule has 0 saturated carbocycles. The number of carbonyl (C=O) groups excluding carboxylic acids is 1. The molecule has 0 bridgehead atoms. The van der Waals surface area contributed by atoms with Gasteiger partial charge in [0.05, 0.1) is 6.61 Å². The number of aliphatic hydroxyl groups is 1. The van der Waals surface area contributed by atoms with Crippen molar-refractivity contribution < 1.29 is 9.90 Å². The molecule has 0 aliphatic heterocycles. The Morgan fingerprint density at radius 1 is 1.50 bits per heavy atom. The molecule has 0 amide bonds. The molecule has 0 aliphatic carbocycles. The Balaban J connectivity index is 2.77. The van der Waals surface area contributed by atoms with Crippen LogP contribution in [-0.2, 0) is 0 Å². The summed E-state index contributed by atoms with van der Waals surface area (Å²) in [6.45, 7) is 0.00936. The Morgan fingerprint density at radius 2 is 2.33 bits per heavy atom. The molecule has 0 unspecified atom stereocenters. The van der Waals surface area contributed by atoms with E-state index in [-0.39, 0.29) is 6.61 Å². The van der Waals surface area contributed by atoms with Gasteiger partial charge in [-0.15, -0.1) is 0 Å². The van der Waals surface area contributed by atoms with Crippen molar-refractivity contribution in [3.63, 3.8) is 0 Å². The standard InChI is InChI=1S/C9H9NO2/c11-5-1-2-8-3-4-9(7-12)10-6-8/h1-4,6-7,11H,5H2. The van der Waals surface area contributed by atoms with E-state index in [1.54, 1.807) is 30.5 Å². The van der Waals surface area contributed by atoms with Gasteiger partial charge >= 0.3 is 0 Å². The van der Waals surface area contributed by atoms with Gasteiger partial charge in [-0.25, -0.2) is 0 Å². The fourth-order valence-electron chi connectivity index (χ4n) is 0.774. The third kappa shape index (κ3) is 2.29. The van der Waals surface area contributed by atoms with Crippen LogP contribution in [0.1, 0.15) is 16.1 Å². The molecule has 0 radical (unpaired) electrons. The van der Waals surface area contributed by atoms with E-state index >= 15 is 0 Å². The minimum atomic E-state index is 0.00936. The summed E-state index contributed by atoms with van der Waals surface area (Å²) in [5.74, 6) is 0. The minimum absolute atomic E-state index is 0.00936. The zero-order chi connectivity index (χ0) is 8.81. The van der Waals surface area contributed by atoms with Gasteiger partial charge in [-0.1, -0.05) is 18.2 Å². The van der Waals surface area contributed by atoms with Crippen LogP contribution in [0.15, 0.2) is 24.4 Å². The number of hydrogen-bond donors (Lipinski definition) is 1. The number of rotatable bonds is 3. The van der Waals surface area contributed by atoms with Crippen molar-refractivity contribution in [2.45, 2.75) is 0 Å². The van der Waals surface area contributed by atoms with Gasteiger partial charge in [-0.3, -0.25) is 9.78 Å². The van der Waals surface area contributed by atoms with Crippen molar-refractivity contribution in [2.24, 2.45) is 0 Å². The highest BCUT2D eigenvalue weighted by atomic mass is 16.2. The Bertz CT molecular complexity index is 277. The summed E-state index contributed by atoms with van der Waals surface area (Å²) in [5, 5.41) is 8.46. The lowest BCUT2D eigenvalue weighted by Crippen LogP contribution is -1.85. The lowest BCUT2D eigenvalue weighted by Gasteiger charge is -1.91. The van der Waals surface area contributed by atoms with Gasteiger partial charge in [0.15, 0.2) is 6.29 Å². The largest absolute Gasteiger partial charge is 0.392 e. The normalized spacial score (nSPS) is 10.4. The lowest BCUT2D eigenvalue weighted by atomic mass is 10.2. The number of pyridine rings is 1. The molecule has 62 valence electrons. The van der Waals surface area contributed by atoms with Gasteiger partial charge in [0.2, 0.25) is 0 Å². The second kappa shape index (κ2) is 4.41. The number of aliphatic hydroxyl groups excluding tert-OH is 1. The molecule has 0 spiro atoms. The first kappa shape index (κ1) is 8.62. The lowest BCUT2D eigenvalue weighted by molar-refractivity contribution is 0.111. The molecule has 1 aromatic rings. The summed E-state index contributed by atoms with van der Waals surface area (Å²) in [4.78, 5) is 14.1. The fourth-order valence-corrected chi connectivity index (χ4v) is 0.774. The van der Waals surface area contributed by atoms with E-state index in [9.17, 15) is 4.79 Å². The molecule has 1 heterocycles. The first-order valence-electron chi connectivity index (χ1n) is 3.55. The number of aldehydes is 1. The number of carbonyl (C=O) groups is 1. The van der Waals surface area contributed by atoms with Crippen LogP contribution in [0.5, 0.6) is 0 Å². The van der Waals surface area contributed by atoms with E-state index < -0.39 is 0 Å². The monoisotopic (exact) mass is 163 g/mol. The maximum absolute atomic E-state index is 10.2. The Hall–Kier alpha value is -1.48. The molecule has 0 fully saturated rings. The highest BCUT2D eigenvalue weighted by Crippen LogP contribution is 2.00. The first-order valence-corrected chi connectivity index (χ1v) is 3.55. The topological polar surface area (TPSA) is 50.2 Å². The Labute approximate surface area is 70.4 Å². The SMILES string of the molecule is O=Cc1ccc(C=CCO)cn1. The van der Waals surface area contributed by atoms with Crippen LogP contribution >= 0.6 is 0 Å². The third-order valence-electron chi connectivity index (χ3n) is 1.35. The van der Waals surface area contributed by atoms with Crippen LogP contribution < -0.4 is 0 Å². The molecule has 0 atom stereocenters. The van der Waals surface area contributed by atoms with Crippen LogP contribution in [0.25, 0.3) is 6.08 Å². The van der Waals surface area contributed by atoms with Gasteiger partial charge in [0.25, 0.3) is 0 Å². The maximum Gasteiger partial charge on any atom is 0.168 e. The molecule has 1 aromatic heterocycles. The predicted molar refractivity (Wildman–Crippen MR) is 45.7 cm³/mol. The van der Waals surface area contributed by atoms with Crippen LogP contribution in [0.3, 0.4) is 0 Å². The molecule has 0 aliphatic rings. The van der Waals surface area contributed by atoms with Crippen molar-refractivity contribution in [2.75, 3.05) is 6.61 Å². The van der Waals surface area contributed by atoms with E-state index in [2.05, 4.69) is 4.98 Å². The number of hydrogen-bond acceptors (Lipinski definition) is 3. The van der Waals surface area contributed by atoms with Gasteiger partial charge in [0.1, 0.15) is 5.69 Å². The fraction of sp³-hybridized carbons (Fsp3) is 0.111. The molecule has 0 saturated heterocycles. The average Bonchev–Trinajstić information content (AvgIpc) is 2.15. The molecule has 3 nitrogen and oxygen atoms in total. The maximum atomic E-state index is 10.2. The zero-order valence-electron chi connectivity index (χ0n) is 6.47. The van der Waals surface area contributed by atoms with Crippen molar-refractivity contribution >= 4 is 12.4 Å².